The molecule has 2 heterocycles. The Morgan fingerprint density at radius 1 is 0.929 bits per heavy atom. The number of fused-ring (bicyclic) bond motifs is 1. The van der Waals surface area contributed by atoms with Crippen molar-refractivity contribution in [2.24, 2.45) is 0 Å². The Kier molecular flexibility index (Phi) is 5.40. The van der Waals surface area contributed by atoms with Crippen LogP contribution in [0.1, 0.15) is 42.4 Å². The first-order valence-electron chi connectivity index (χ1n) is 10.1. The van der Waals surface area contributed by atoms with Crippen molar-refractivity contribution in [1.29, 1.82) is 0 Å². The van der Waals surface area contributed by atoms with Crippen molar-refractivity contribution in [2.75, 3.05) is 13.1 Å². The largest absolute Gasteiger partial charge is 0.508 e. The Balaban J connectivity index is 1.66. The van der Waals surface area contributed by atoms with E-state index in [2.05, 4.69) is 49.1 Å². The second kappa shape index (κ2) is 8.11. The van der Waals surface area contributed by atoms with Crippen LogP contribution in [0.3, 0.4) is 0 Å². The quantitative estimate of drug-likeness (QED) is 0.728. The van der Waals surface area contributed by atoms with Gasteiger partial charge in [0.05, 0.1) is 5.69 Å². The fourth-order valence-electron chi connectivity index (χ4n) is 3.78. The normalized spacial score (nSPS) is 14.7. The van der Waals surface area contributed by atoms with Gasteiger partial charge in [-0.1, -0.05) is 44.2 Å². The first kappa shape index (κ1) is 18.6. The fourth-order valence-corrected chi connectivity index (χ4v) is 3.78. The van der Waals surface area contributed by atoms with Crippen molar-refractivity contribution in [3.05, 3.63) is 77.2 Å². The molecule has 1 aliphatic rings. The molecule has 4 rings (SSSR count). The van der Waals surface area contributed by atoms with E-state index in [-0.39, 0.29) is 11.7 Å². The van der Waals surface area contributed by atoms with Crippen molar-refractivity contribution in [2.45, 2.75) is 39.2 Å². The summed E-state index contributed by atoms with van der Waals surface area (Å²) in [6.07, 6.45) is 1.88. The molecule has 0 bridgehead atoms. The number of aromatic hydroxyl groups is 1. The topological polar surface area (TPSA) is 49.3 Å². The van der Waals surface area contributed by atoms with Gasteiger partial charge in [-0.2, -0.15) is 0 Å². The molecule has 1 N–H and O–H groups in total. The van der Waals surface area contributed by atoms with E-state index in [1.54, 1.807) is 12.1 Å². The SMILES string of the molecule is CC(C)c1nc2c(c(-c3ccc(O)cc3)n1)CCN(Cc1ccccc1)CC2. The molecule has 0 amide bonds. The molecule has 0 fully saturated rings. The van der Waals surface area contributed by atoms with Crippen LogP contribution < -0.4 is 0 Å². The number of nitrogens with zero attached hydrogens (tertiary/aromatic N) is 3. The van der Waals surface area contributed by atoms with Gasteiger partial charge in [-0.3, -0.25) is 4.90 Å². The maximum Gasteiger partial charge on any atom is 0.131 e. The molecule has 4 nitrogen and oxygen atoms in total. The van der Waals surface area contributed by atoms with Gasteiger partial charge >= 0.3 is 0 Å². The number of rotatable bonds is 4. The number of hydrogen-bond donors (Lipinski definition) is 1. The van der Waals surface area contributed by atoms with Crippen LogP contribution in [0.25, 0.3) is 11.3 Å². The first-order chi connectivity index (χ1) is 13.6. The van der Waals surface area contributed by atoms with Gasteiger partial charge in [0.25, 0.3) is 0 Å². The van der Waals surface area contributed by atoms with Crippen molar-refractivity contribution in [3.63, 3.8) is 0 Å². The lowest BCUT2D eigenvalue weighted by molar-refractivity contribution is 0.279. The summed E-state index contributed by atoms with van der Waals surface area (Å²) in [6.45, 7) is 7.25. The Morgan fingerprint density at radius 2 is 1.64 bits per heavy atom. The van der Waals surface area contributed by atoms with Gasteiger partial charge in [-0.05, 0) is 36.2 Å². The minimum absolute atomic E-state index is 0.280. The van der Waals surface area contributed by atoms with Crippen molar-refractivity contribution in [3.8, 4) is 17.0 Å². The van der Waals surface area contributed by atoms with E-state index in [4.69, 9.17) is 9.97 Å². The van der Waals surface area contributed by atoms with Gasteiger partial charge < -0.3 is 5.11 Å². The molecule has 28 heavy (non-hydrogen) atoms. The highest BCUT2D eigenvalue weighted by molar-refractivity contribution is 5.65. The third-order valence-corrected chi connectivity index (χ3v) is 5.36. The van der Waals surface area contributed by atoms with E-state index < -0.39 is 0 Å². The van der Waals surface area contributed by atoms with Gasteiger partial charge in [-0.25, -0.2) is 9.97 Å². The second-order valence-electron chi connectivity index (χ2n) is 7.82. The van der Waals surface area contributed by atoms with Crippen LogP contribution in [0, 0.1) is 0 Å². The summed E-state index contributed by atoms with van der Waals surface area (Å²) in [5.74, 6) is 1.46. The van der Waals surface area contributed by atoms with Crippen LogP contribution in [0.4, 0.5) is 0 Å². The van der Waals surface area contributed by atoms with Crippen molar-refractivity contribution < 1.29 is 5.11 Å². The maximum atomic E-state index is 9.67. The molecule has 4 heteroatoms. The summed E-state index contributed by atoms with van der Waals surface area (Å²) < 4.78 is 0. The van der Waals surface area contributed by atoms with Crippen LogP contribution >= 0.6 is 0 Å². The predicted octanol–water partition coefficient (Wildman–Crippen LogP) is 4.57. The molecule has 144 valence electrons. The summed E-state index contributed by atoms with van der Waals surface area (Å²) in [4.78, 5) is 12.4. The lowest BCUT2D eigenvalue weighted by atomic mass is 10.00. The highest BCUT2D eigenvalue weighted by Gasteiger charge is 2.22. The number of benzene rings is 2. The van der Waals surface area contributed by atoms with E-state index in [1.807, 2.05) is 12.1 Å². The number of hydrogen-bond acceptors (Lipinski definition) is 4. The third-order valence-electron chi connectivity index (χ3n) is 5.36. The highest BCUT2D eigenvalue weighted by atomic mass is 16.3. The number of aromatic nitrogens is 2. The van der Waals surface area contributed by atoms with Gasteiger partial charge in [-0.15, -0.1) is 0 Å². The van der Waals surface area contributed by atoms with Crippen molar-refractivity contribution in [1.82, 2.24) is 14.9 Å². The molecule has 0 radical (unpaired) electrons. The van der Waals surface area contributed by atoms with E-state index in [9.17, 15) is 5.11 Å². The first-order valence-corrected chi connectivity index (χ1v) is 10.1. The van der Waals surface area contributed by atoms with Crippen LogP contribution in [-0.4, -0.2) is 33.1 Å². The molecule has 3 aromatic rings. The average molecular weight is 374 g/mol. The maximum absolute atomic E-state index is 9.67. The van der Waals surface area contributed by atoms with E-state index in [0.717, 1.165) is 49.6 Å². The van der Waals surface area contributed by atoms with E-state index >= 15 is 0 Å². The highest BCUT2D eigenvalue weighted by Crippen LogP contribution is 2.29. The van der Waals surface area contributed by atoms with Gasteiger partial charge in [0.2, 0.25) is 0 Å². The third kappa shape index (κ3) is 4.07. The molecular formula is C24H27N3O. The van der Waals surface area contributed by atoms with Gasteiger partial charge in [0, 0.05) is 48.8 Å². The summed E-state index contributed by atoms with van der Waals surface area (Å²) in [5.41, 5.74) is 5.86. The van der Waals surface area contributed by atoms with Crippen LogP contribution in [-0.2, 0) is 19.4 Å². The Bertz CT molecular complexity index is 936. The molecule has 2 aromatic carbocycles. The summed E-state index contributed by atoms with van der Waals surface area (Å²) >= 11 is 0. The van der Waals surface area contributed by atoms with Gasteiger partial charge in [0.15, 0.2) is 0 Å². The Morgan fingerprint density at radius 3 is 2.36 bits per heavy atom. The van der Waals surface area contributed by atoms with Crippen LogP contribution in [0.5, 0.6) is 5.75 Å². The van der Waals surface area contributed by atoms with E-state index in [1.165, 1.54) is 16.8 Å². The Hall–Kier alpha value is -2.72. The van der Waals surface area contributed by atoms with Crippen LogP contribution in [0.15, 0.2) is 54.6 Å². The molecule has 0 aliphatic carbocycles. The molecular weight excluding hydrogens is 346 g/mol. The molecule has 0 saturated heterocycles. The summed E-state index contributed by atoms with van der Waals surface area (Å²) in [7, 11) is 0. The zero-order chi connectivity index (χ0) is 19.5. The summed E-state index contributed by atoms with van der Waals surface area (Å²) in [6, 6.07) is 18.0. The van der Waals surface area contributed by atoms with Crippen molar-refractivity contribution >= 4 is 0 Å². The zero-order valence-corrected chi connectivity index (χ0v) is 16.6. The molecule has 0 saturated carbocycles. The predicted molar refractivity (Wildman–Crippen MR) is 112 cm³/mol. The molecule has 0 spiro atoms. The second-order valence-corrected chi connectivity index (χ2v) is 7.82. The number of phenols is 1. The number of phenolic OH excluding ortho intramolecular Hbond substituents is 1. The molecule has 0 atom stereocenters. The fraction of sp³-hybridized carbons (Fsp3) is 0.333. The monoisotopic (exact) mass is 373 g/mol. The molecule has 1 aliphatic heterocycles. The lowest BCUT2D eigenvalue weighted by Crippen LogP contribution is -2.25. The smallest absolute Gasteiger partial charge is 0.131 e. The Labute approximate surface area is 166 Å². The molecule has 1 aromatic heterocycles. The summed E-state index contributed by atoms with van der Waals surface area (Å²) in [5, 5.41) is 9.67. The minimum atomic E-state index is 0.280. The zero-order valence-electron chi connectivity index (χ0n) is 16.6. The average Bonchev–Trinajstić information content (AvgIpc) is 2.91. The minimum Gasteiger partial charge on any atom is -0.508 e. The standard InChI is InChI=1S/C24H27N3O/c1-17(2)24-25-22-13-15-27(16-18-6-4-3-5-7-18)14-12-21(22)23(26-24)19-8-10-20(28)11-9-19/h3-11,17,28H,12-16H2,1-2H3. The molecule has 0 unspecified atom stereocenters. The van der Waals surface area contributed by atoms with Gasteiger partial charge in [0.1, 0.15) is 11.6 Å². The lowest BCUT2D eigenvalue weighted by Gasteiger charge is -2.19. The van der Waals surface area contributed by atoms with Crippen LogP contribution in [0.2, 0.25) is 0 Å². The van der Waals surface area contributed by atoms with E-state index in [0.29, 0.717) is 0 Å².